The Balaban J connectivity index is 2.15. The third-order valence-electron chi connectivity index (χ3n) is 4.06. The van der Waals surface area contributed by atoms with E-state index in [1.807, 2.05) is 57.2 Å². The zero-order chi connectivity index (χ0) is 17.0. The van der Waals surface area contributed by atoms with Crippen molar-refractivity contribution in [2.45, 2.75) is 47.1 Å². The molecule has 2 aromatic rings. The average molecular weight is 311 g/mol. The second-order valence-electron chi connectivity index (χ2n) is 5.93. The minimum Gasteiger partial charge on any atom is -0.480 e. The highest BCUT2D eigenvalue weighted by Gasteiger charge is 2.18. The molecule has 122 valence electrons. The maximum absolute atomic E-state index is 12.5. The molecule has 2 rings (SSSR count). The van der Waals surface area contributed by atoms with Crippen molar-refractivity contribution in [1.29, 1.82) is 0 Å². The number of hydrogen-bond acceptors (Lipinski definition) is 2. The van der Waals surface area contributed by atoms with Crippen LogP contribution < -0.4 is 10.1 Å². The number of aryl methyl sites for hydroxylation is 4. The highest BCUT2D eigenvalue weighted by molar-refractivity contribution is 5.95. The monoisotopic (exact) mass is 311 g/mol. The highest BCUT2D eigenvalue weighted by atomic mass is 16.5. The van der Waals surface area contributed by atoms with Crippen molar-refractivity contribution in [2.75, 3.05) is 5.32 Å². The van der Waals surface area contributed by atoms with Gasteiger partial charge in [-0.25, -0.2) is 0 Å². The molecule has 1 amide bonds. The van der Waals surface area contributed by atoms with Gasteiger partial charge in [0.2, 0.25) is 0 Å². The molecule has 2 aromatic carbocycles. The van der Waals surface area contributed by atoms with E-state index in [1.54, 1.807) is 6.92 Å². The summed E-state index contributed by atoms with van der Waals surface area (Å²) < 4.78 is 5.91. The van der Waals surface area contributed by atoms with E-state index in [4.69, 9.17) is 4.74 Å². The molecule has 0 radical (unpaired) electrons. The van der Waals surface area contributed by atoms with Gasteiger partial charge in [0.15, 0.2) is 6.10 Å². The van der Waals surface area contributed by atoms with Crippen LogP contribution in [0, 0.1) is 20.8 Å². The van der Waals surface area contributed by atoms with Gasteiger partial charge < -0.3 is 10.1 Å². The molecule has 0 aliphatic heterocycles. The smallest absolute Gasteiger partial charge is 0.265 e. The molecular weight excluding hydrogens is 286 g/mol. The molecule has 0 aliphatic carbocycles. The molecule has 0 bridgehead atoms. The van der Waals surface area contributed by atoms with Gasteiger partial charge in [-0.2, -0.15) is 0 Å². The second-order valence-corrected chi connectivity index (χ2v) is 5.93. The lowest BCUT2D eigenvalue weighted by Gasteiger charge is -2.19. The lowest BCUT2D eigenvalue weighted by molar-refractivity contribution is -0.122. The Bertz CT molecular complexity index is 687. The molecule has 0 fully saturated rings. The second kappa shape index (κ2) is 7.32. The summed E-state index contributed by atoms with van der Waals surface area (Å²) in [6.45, 7) is 9.85. The Labute approximate surface area is 138 Å². The van der Waals surface area contributed by atoms with Crippen LogP contribution >= 0.6 is 0 Å². The first-order chi connectivity index (χ1) is 10.9. The number of ether oxygens (including phenoxy) is 1. The van der Waals surface area contributed by atoms with Crippen LogP contribution in [-0.4, -0.2) is 12.0 Å². The van der Waals surface area contributed by atoms with Gasteiger partial charge in [0, 0.05) is 5.69 Å². The summed E-state index contributed by atoms with van der Waals surface area (Å²) in [5, 5.41) is 3.02. The zero-order valence-electron chi connectivity index (χ0n) is 14.6. The number of nitrogens with one attached hydrogen (secondary N) is 1. The number of para-hydroxylation sites is 2. The predicted octanol–water partition coefficient (Wildman–Crippen LogP) is 4.58. The lowest BCUT2D eigenvalue weighted by atomic mass is 10.1. The van der Waals surface area contributed by atoms with E-state index in [0.717, 1.165) is 40.1 Å². The molecule has 3 nitrogen and oxygen atoms in total. The minimum atomic E-state index is -0.556. The third kappa shape index (κ3) is 3.92. The SMILES string of the molecule is CCc1cccc(C)c1NC(=O)C(C)Oc1c(C)cccc1C. The maximum atomic E-state index is 12.5. The van der Waals surface area contributed by atoms with Gasteiger partial charge in [-0.15, -0.1) is 0 Å². The van der Waals surface area contributed by atoms with Crippen LogP contribution in [0.1, 0.15) is 36.1 Å². The molecule has 1 atom stereocenters. The van der Waals surface area contributed by atoms with Gasteiger partial charge in [-0.05, 0) is 56.4 Å². The number of hydrogen-bond donors (Lipinski definition) is 1. The molecule has 23 heavy (non-hydrogen) atoms. The summed E-state index contributed by atoms with van der Waals surface area (Å²) >= 11 is 0. The topological polar surface area (TPSA) is 38.3 Å². The first kappa shape index (κ1) is 17.1. The van der Waals surface area contributed by atoms with Crippen molar-refractivity contribution in [2.24, 2.45) is 0 Å². The molecule has 3 heteroatoms. The van der Waals surface area contributed by atoms with Crippen LogP contribution in [0.3, 0.4) is 0 Å². The summed E-state index contributed by atoms with van der Waals surface area (Å²) in [6.07, 6.45) is 0.322. The third-order valence-corrected chi connectivity index (χ3v) is 4.06. The van der Waals surface area contributed by atoms with Crippen molar-refractivity contribution < 1.29 is 9.53 Å². The van der Waals surface area contributed by atoms with Crippen molar-refractivity contribution in [3.8, 4) is 5.75 Å². The minimum absolute atomic E-state index is 0.128. The van der Waals surface area contributed by atoms with Crippen molar-refractivity contribution in [3.05, 3.63) is 58.7 Å². The number of carbonyl (C=O) groups excluding carboxylic acids is 1. The van der Waals surface area contributed by atoms with Crippen LogP contribution in [0.2, 0.25) is 0 Å². The number of carbonyl (C=O) groups is 1. The van der Waals surface area contributed by atoms with Crippen LogP contribution in [0.5, 0.6) is 5.75 Å². The molecule has 0 saturated carbocycles. The molecular formula is C20H25NO2. The van der Waals surface area contributed by atoms with E-state index >= 15 is 0 Å². The van der Waals surface area contributed by atoms with Crippen LogP contribution in [-0.2, 0) is 11.2 Å². The standard InChI is InChI=1S/C20H25NO2/c1-6-17-12-8-9-13(2)18(17)21-20(22)16(5)23-19-14(3)10-7-11-15(19)4/h7-12,16H,6H2,1-5H3,(H,21,22). The van der Waals surface area contributed by atoms with Crippen LogP contribution in [0.4, 0.5) is 5.69 Å². The molecule has 0 saturated heterocycles. The molecule has 0 aliphatic rings. The first-order valence-corrected chi connectivity index (χ1v) is 8.06. The number of anilines is 1. The highest BCUT2D eigenvalue weighted by Crippen LogP contribution is 2.25. The van der Waals surface area contributed by atoms with Crippen LogP contribution in [0.25, 0.3) is 0 Å². The van der Waals surface area contributed by atoms with Crippen molar-refractivity contribution in [1.82, 2.24) is 0 Å². The van der Waals surface area contributed by atoms with E-state index in [0.29, 0.717) is 0 Å². The molecule has 1 N–H and O–H groups in total. The van der Waals surface area contributed by atoms with Gasteiger partial charge in [-0.1, -0.05) is 43.3 Å². The number of rotatable bonds is 5. The van der Waals surface area contributed by atoms with Gasteiger partial charge >= 0.3 is 0 Å². The van der Waals surface area contributed by atoms with Gasteiger partial charge in [0.05, 0.1) is 0 Å². The summed E-state index contributed by atoms with van der Waals surface area (Å²) in [7, 11) is 0. The van der Waals surface area contributed by atoms with E-state index in [9.17, 15) is 4.79 Å². The lowest BCUT2D eigenvalue weighted by Crippen LogP contribution is -2.31. The molecule has 0 heterocycles. The molecule has 0 aromatic heterocycles. The van der Waals surface area contributed by atoms with Gasteiger partial charge in [-0.3, -0.25) is 4.79 Å². The fourth-order valence-electron chi connectivity index (χ4n) is 2.64. The predicted molar refractivity (Wildman–Crippen MR) is 95.2 cm³/mol. The Morgan fingerprint density at radius 3 is 2.22 bits per heavy atom. The fourth-order valence-corrected chi connectivity index (χ4v) is 2.64. The number of amides is 1. The van der Waals surface area contributed by atoms with E-state index in [2.05, 4.69) is 12.2 Å². The normalized spacial score (nSPS) is 11.9. The zero-order valence-corrected chi connectivity index (χ0v) is 14.6. The van der Waals surface area contributed by atoms with E-state index in [1.165, 1.54) is 0 Å². The van der Waals surface area contributed by atoms with Gasteiger partial charge in [0.25, 0.3) is 5.91 Å². The Morgan fingerprint density at radius 2 is 1.61 bits per heavy atom. The Kier molecular flexibility index (Phi) is 5.43. The van der Waals surface area contributed by atoms with Crippen molar-refractivity contribution >= 4 is 11.6 Å². The van der Waals surface area contributed by atoms with Crippen LogP contribution in [0.15, 0.2) is 36.4 Å². The molecule has 0 spiro atoms. The van der Waals surface area contributed by atoms with Gasteiger partial charge in [0.1, 0.15) is 5.75 Å². The Morgan fingerprint density at radius 1 is 1.04 bits per heavy atom. The summed E-state index contributed by atoms with van der Waals surface area (Å²) in [6, 6.07) is 12.0. The Hall–Kier alpha value is -2.29. The summed E-state index contributed by atoms with van der Waals surface area (Å²) in [4.78, 5) is 12.5. The largest absolute Gasteiger partial charge is 0.480 e. The summed E-state index contributed by atoms with van der Waals surface area (Å²) in [5.41, 5.74) is 5.18. The van der Waals surface area contributed by atoms with E-state index < -0.39 is 6.10 Å². The quantitative estimate of drug-likeness (QED) is 0.877. The van der Waals surface area contributed by atoms with Crippen molar-refractivity contribution in [3.63, 3.8) is 0 Å². The molecule has 1 unspecified atom stereocenters. The first-order valence-electron chi connectivity index (χ1n) is 8.06. The number of benzene rings is 2. The summed E-state index contributed by atoms with van der Waals surface area (Å²) in [5.74, 6) is 0.660. The van der Waals surface area contributed by atoms with E-state index in [-0.39, 0.29) is 5.91 Å². The fraction of sp³-hybridized carbons (Fsp3) is 0.350. The average Bonchev–Trinajstić information content (AvgIpc) is 2.52. The maximum Gasteiger partial charge on any atom is 0.265 e.